The molecule has 0 amide bonds. The number of hydrogen-bond donors (Lipinski definition) is 0. The third-order valence-corrected chi connectivity index (χ3v) is 3.49. The molecule has 0 N–H and O–H groups in total. The van der Waals surface area contributed by atoms with Crippen LogP contribution in [0.25, 0.3) is 0 Å². The van der Waals surface area contributed by atoms with Crippen LogP contribution >= 0.6 is 0 Å². The van der Waals surface area contributed by atoms with Gasteiger partial charge < -0.3 is 9.47 Å². The molecule has 0 fully saturated rings. The van der Waals surface area contributed by atoms with Crippen LogP contribution in [0.15, 0.2) is 48.5 Å². The standard InChI is InChI=1S/C17H16O3/c18-12-13-5-7-15(8-6-13)19-9-10-20-17-11-14-3-1-2-4-16(14)17/h1-8,12,17H,9-11H2. The Morgan fingerprint density at radius 1 is 1.05 bits per heavy atom. The summed E-state index contributed by atoms with van der Waals surface area (Å²) >= 11 is 0. The van der Waals surface area contributed by atoms with Crippen molar-refractivity contribution in [1.82, 2.24) is 0 Å². The fourth-order valence-corrected chi connectivity index (χ4v) is 2.35. The maximum absolute atomic E-state index is 10.5. The highest BCUT2D eigenvalue weighted by Gasteiger charge is 2.25. The summed E-state index contributed by atoms with van der Waals surface area (Å²) < 4.78 is 11.4. The highest BCUT2D eigenvalue weighted by molar-refractivity contribution is 5.74. The van der Waals surface area contributed by atoms with Crippen molar-refractivity contribution in [2.24, 2.45) is 0 Å². The molecule has 3 heteroatoms. The van der Waals surface area contributed by atoms with E-state index in [-0.39, 0.29) is 6.10 Å². The number of hydrogen-bond acceptors (Lipinski definition) is 3. The van der Waals surface area contributed by atoms with Crippen molar-refractivity contribution in [2.45, 2.75) is 12.5 Å². The summed E-state index contributed by atoms with van der Waals surface area (Å²) in [5.41, 5.74) is 3.32. The second-order valence-electron chi connectivity index (χ2n) is 4.80. The molecule has 1 unspecified atom stereocenters. The molecule has 0 heterocycles. The van der Waals surface area contributed by atoms with E-state index in [0.29, 0.717) is 18.8 Å². The van der Waals surface area contributed by atoms with Gasteiger partial charge in [0.05, 0.1) is 12.7 Å². The fraction of sp³-hybridized carbons (Fsp3) is 0.235. The van der Waals surface area contributed by atoms with E-state index >= 15 is 0 Å². The van der Waals surface area contributed by atoms with Gasteiger partial charge in [0.15, 0.2) is 0 Å². The second-order valence-corrected chi connectivity index (χ2v) is 4.80. The topological polar surface area (TPSA) is 35.5 Å². The molecule has 1 atom stereocenters. The second kappa shape index (κ2) is 5.88. The quantitative estimate of drug-likeness (QED) is 0.596. The van der Waals surface area contributed by atoms with E-state index in [1.54, 1.807) is 24.3 Å². The molecule has 102 valence electrons. The Bertz CT molecular complexity index is 589. The Morgan fingerprint density at radius 3 is 2.60 bits per heavy atom. The molecule has 0 bridgehead atoms. The van der Waals surface area contributed by atoms with Crippen LogP contribution in [0.5, 0.6) is 5.75 Å². The third-order valence-electron chi connectivity index (χ3n) is 3.49. The highest BCUT2D eigenvalue weighted by Crippen LogP contribution is 2.35. The van der Waals surface area contributed by atoms with E-state index in [2.05, 4.69) is 18.2 Å². The smallest absolute Gasteiger partial charge is 0.150 e. The highest BCUT2D eigenvalue weighted by atomic mass is 16.5. The fourth-order valence-electron chi connectivity index (χ4n) is 2.35. The average Bonchev–Trinajstić information content (AvgIpc) is 2.48. The van der Waals surface area contributed by atoms with Gasteiger partial charge in [-0.25, -0.2) is 0 Å². The zero-order valence-corrected chi connectivity index (χ0v) is 11.1. The van der Waals surface area contributed by atoms with Gasteiger partial charge in [-0.3, -0.25) is 4.79 Å². The van der Waals surface area contributed by atoms with Crippen molar-refractivity contribution in [3.63, 3.8) is 0 Å². The van der Waals surface area contributed by atoms with Crippen LogP contribution in [0.3, 0.4) is 0 Å². The maximum atomic E-state index is 10.5. The van der Waals surface area contributed by atoms with Crippen molar-refractivity contribution < 1.29 is 14.3 Å². The number of carbonyl (C=O) groups excluding carboxylic acids is 1. The lowest BCUT2D eigenvalue weighted by Crippen LogP contribution is -2.21. The molecular weight excluding hydrogens is 252 g/mol. The van der Waals surface area contributed by atoms with E-state index in [9.17, 15) is 4.79 Å². The van der Waals surface area contributed by atoms with Gasteiger partial charge in [-0.15, -0.1) is 0 Å². The molecule has 20 heavy (non-hydrogen) atoms. The molecule has 3 rings (SSSR count). The Balaban J connectivity index is 1.42. The van der Waals surface area contributed by atoms with E-state index < -0.39 is 0 Å². The van der Waals surface area contributed by atoms with Gasteiger partial charge in [-0.05, 0) is 35.4 Å². The Kier molecular flexibility index (Phi) is 3.79. The van der Waals surface area contributed by atoms with Gasteiger partial charge in [0, 0.05) is 12.0 Å². The molecule has 1 aliphatic rings. The van der Waals surface area contributed by atoms with Crippen LogP contribution in [0.4, 0.5) is 0 Å². The molecule has 0 aliphatic heterocycles. The number of ether oxygens (including phenoxy) is 2. The molecular formula is C17H16O3. The largest absolute Gasteiger partial charge is 0.491 e. The summed E-state index contributed by atoms with van der Waals surface area (Å²) in [5.74, 6) is 0.758. The zero-order valence-electron chi connectivity index (χ0n) is 11.1. The number of benzene rings is 2. The molecule has 2 aromatic rings. The summed E-state index contributed by atoms with van der Waals surface area (Å²) in [4.78, 5) is 10.5. The van der Waals surface area contributed by atoms with Crippen LogP contribution in [0, 0.1) is 0 Å². The van der Waals surface area contributed by atoms with Gasteiger partial charge in [-0.2, -0.15) is 0 Å². The lowest BCUT2D eigenvalue weighted by Gasteiger charge is -2.29. The van der Waals surface area contributed by atoms with Gasteiger partial charge >= 0.3 is 0 Å². The summed E-state index contributed by atoms with van der Waals surface area (Å²) in [6.07, 6.45) is 2.03. The third kappa shape index (κ3) is 2.73. The first-order chi connectivity index (χ1) is 9.86. The Morgan fingerprint density at radius 2 is 1.85 bits per heavy atom. The van der Waals surface area contributed by atoms with Gasteiger partial charge in [0.2, 0.25) is 0 Å². The van der Waals surface area contributed by atoms with Crippen molar-refractivity contribution >= 4 is 6.29 Å². The van der Waals surface area contributed by atoms with Crippen LogP contribution in [0.1, 0.15) is 27.6 Å². The van der Waals surface area contributed by atoms with Gasteiger partial charge in [0.25, 0.3) is 0 Å². The lowest BCUT2D eigenvalue weighted by atomic mass is 9.85. The summed E-state index contributed by atoms with van der Waals surface area (Å²) in [5, 5.41) is 0. The van der Waals surface area contributed by atoms with Crippen LogP contribution in [-0.2, 0) is 11.2 Å². The maximum Gasteiger partial charge on any atom is 0.150 e. The minimum atomic E-state index is 0.215. The lowest BCUT2D eigenvalue weighted by molar-refractivity contribution is 0.0194. The minimum Gasteiger partial charge on any atom is -0.491 e. The molecule has 0 radical (unpaired) electrons. The summed E-state index contributed by atoms with van der Waals surface area (Å²) in [6, 6.07) is 15.4. The van der Waals surface area contributed by atoms with E-state index in [0.717, 1.165) is 18.5 Å². The molecule has 0 spiro atoms. The SMILES string of the molecule is O=Cc1ccc(OCCOC2Cc3ccccc32)cc1. The number of aldehydes is 1. The van der Waals surface area contributed by atoms with Crippen molar-refractivity contribution in [3.8, 4) is 5.75 Å². The predicted octanol–water partition coefficient (Wildman–Crippen LogP) is 3.19. The van der Waals surface area contributed by atoms with Gasteiger partial charge in [-0.1, -0.05) is 24.3 Å². The Labute approximate surface area is 118 Å². The number of carbonyl (C=O) groups is 1. The molecule has 0 saturated carbocycles. The average molecular weight is 268 g/mol. The normalized spacial score (nSPS) is 16.1. The number of rotatable bonds is 6. The molecule has 0 aromatic heterocycles. The van der Waals surface area contributed by atoms with Crippen LogP contribution in [0.2, 0.25) is 0 Å². The summed E-state index contributed by atoms with van der Waals surface area (Å²) in [7, 11) is 0. The Hall–Kier alpha value is -2.13. The van der Waals surface area contributed by atoms with Crippen LogP contribution in [-0.4, -0.2) is 19.5 Å². The first-order valence-corrected chi connectivity index (χ1v) is 6.74. The van der Waals surface area contributed by atoms with E-state index in [4.69, 9.17) is 9.47 Å². The molecule has 1 aliphatic carbocycles. The van der Waals surface area contributed by atoms with E-state index in [1.807, 2.05) is 6.07 Å². The van der Waals surface area contributed by atoms with E-state index in [1.165, 1.54) is 11.1 Å². The van der Waals surface area contributed by atoms with Crippen molar-refractivity contribution in [1.29, 1.82) is 0 Å². The number of fused-ring (bicyclic) bond motifs is 1. The monoisotopic (exact) mass is 268 g/mol. The van der Waals surface area contributed by atoms with Crippen molar-refractivity contribution in [2.75, 3.05) is 13.2 Å². The van der Waals surface area contributed by atoms with Crippen LogP contribution < -0.4 is 4.74 Å². The minimum absolute atomic E-state index is 0.215. The molecule has 0 saturated heterocycles. The molecule has 3 nitrogen and oxygen atoms in total. The summed E-state index contributed by atoms with van der Waals surface area (Å²) in [6.45, 7) is 1.08. The molecule has 2 aromatic carbocycles. The van der Waals surface area contributed by atoms with Crippen molar-refractivity contribution in [3.05, 3.63) is 65.2 Å². The zero-order chi connectivity index (χ0) is 13.8. The van der Waals surface area contributed by atoms with Gasteiger partial charge in [0.1, 0.15) is 18.6 Å². The first-order valence-electron chi connectivity index (χ1n) is 6.74. The first kappa shape index (κ1) is 12.9. The predicted molar refractivity (Wildman–Crippen MR) is 76.2 cm³/mol.